The van der Waals surface area contributed by atoms with Gasteiger partial charge in [-0.3, -0.25) is 0 Å². The van der Waals surface area contributed by atoms with Crippen LogP contribution >= 0.6 is 23.2 Å². The van der Waals surface area contributed by atoms with Crippen molar-refractivity contribution in [1.29, 1.82) is 0 Å². The molecule has 0 saturated carbocycles. The van der Waals surface area contributed by atoms with Gasteiger partial charge in [0.2, 0.25) is 5.95 Å². The lowest BCUT2D eigenvalue weighted by atomic mass is 10.1. The first kappa shape index (κ1) is 21.4. The highest BCUT2D eigenvalue weighted by molar-refractivity contribution is 6.44. The molecule has 1 aromatic heterocycles. The van der Waals surface area contributed by atoms with Crippen LogP contribution in [0.25, 0.3) is 11.3 Å². The molecule has 0 aliphatic heterocycles. The third kappa shape index (κ3) is 6.33. The van der Waals surface area contributed by atoms with E-state index in [0.717, 1.165) is 0 Å². The van der Waals surface area contributed by atoms with Crippen molar-refractivity contribution < 1.29 is 18.9 Å². The molecule has 9 nitrogen and oxygen atoms in total. The van der Waals surface area contributed by atoms with Crippen LogP contribution in [0.1, 0.15) is 0 Å². The number of hydrogen-bond acceptors (Lipinski definition) is 9. The molecule has 0 saturated heterocycles. The molecule has 2 rings (SSSR count). The van der Waals surface area contributed by atoms with E-state index in [1.54, 1.807) is 19.2 Å². The van der Waals surface area contributed by atoms with E-state index in [9.17, 15) is 0 Å². The second-order valence-electron chi connectivity index (χ2n) is 5.21. The number of nitrogen functional groups attached to an aromatic ring is 2. The average molecular weight is 418 g/mol. The van der Waals surface area contributed by atoms with E-state index < -0.39 is 0 Å². The predicted octanol–water partition coefficient (Wildman–Crippen LogP) is 2.07. The van der Waals surface area contributed by atoms with Gasteiger partial charge in [-0.2, -0.15) is 4.98 Å². The highest BCUT2D eigenvalue weighted by Crippen LogP contribution is 2.39. The summed E-state index contributed by atoms with van der Waals surface area (Å²) in [7, 11) is 1.62. The SMILES string of the molecule is COCCOCCOCCOc1ccc(-c2nnc(N)nc2N)c(Cl)c1Cl. The van der Waals surface area contributed by atoms with Crippen LogP contribution in [0.2, 0.25) is 10.0 Å². The zero-order chi connectivity index (χ0) is 19.6. The summed E-state index contributed by atoms with van der Waals surface area (Å²) in [6, 6.07) is 3.33. The van der Waals surface area contributed by atoms with Crippen LogP contribution in [0, 0.1) is 0 Å². The van der Waals surface area contributed by atoms with E-state index in [1.165, 1.54) is 0 Å². The monoisotopic (exact) mass is 417 g/mol. The van der Waals surface area contributed by atoms with Crippen molar-refractivity contribution in [2.75, 3.05) is 58.2 Å². The molecule has 0 aliphatic rings. The summed E-state index contributed by atoms with van der Waals surface area (Å²) in [5.74, 6) is 0.498. The molecule has 11 heteroatoms. The molecule has 1 aromatic carbocycles. The molecule has 2 aromatic rings. The van der Waals surface area contributed by atoms with Crippen LogP contribution in [0.5, 0.6) is 5.75 Å². The summed E-state index contributed by atoms with van der Waals surface area (Å²) in [6.45, 7) is 2.73. The third-order valence-electron chi connectivity index (χ3n) is 3.32. The molecule has 0 atom stereocenters. The summed E-state index contributed by atoms with van der Waals surface area (Å²) < 4.78 is 21.2. The van der Waals surface area contributed by atoms with Crippen LogP contribution in [-0.2, 0) is 14.2 Å². The van der Waals surface area contributed by atoms with Crippen molar-refractivity contribution in [3.63, 3.8) is 0 Å². The van der Waals surface area contributed by atoms with Crippen molar-refractivity contribution >= 4 is 35.0 Å². The van der Waals surface area contributed by atoms with Gasteiger partial charge in [0.25, 0.3) is 0 Å². The summed E-state index contributed by atoms with van der Waals surface area (Å²) in [5, 5.41) is 8.06. The Bertz CT molecular complexity index is 751. The van der Waals surface area contributed by atoms with Crippen LogP contribution < -0.4 is 16.2 Å². The first-order valence-corrected chi connectivity index (χ1v) is 8.81. The van der Waals surface area contributed by atoms with Gasteiger partial charge in [-0.05, 0) is 12.1 Å². The molecule has 4 N–H and O–H groups in total. The Labute approximate surface area is 166 Å². The average Bonchev–Trinajstić information content (AvgIpc) is 2.64. The zero-order valence-electron chi connectivity index (χ0n) is 14.8. The molecular weight excluding hydrogens is 397 g/mol. The first-order valence-electron chi connectivity index (χ1n) is 8.05. The second-order valence-corrected chi connectivity index (χ2v) is 5.97. The van der Waals surface area contributed by atoms with E-state index in [2.05, 4.69) is 15.2 Å². The maximum atomic E-state index is 6.32. The van der Waals surface area contributed by atoms with Crippen molar-refractivity contribution in [3.8, 4) is 17.0 Å². The summed E-state index contributed by atoms with van der Waals surface area (Å²) >= 11 is 12.6. The van der Waals surface area contributed by atoms with E-state index in [0.29, 0.717) is 56.6 Å². The van der Waals surface area contributed by atoms with Crippen molar-refractivity contribution in [3.05, 3.63) is 22.2 Å². The molecule has 0 amide bonds. The van der Waals surface area contributed by atoms with Gasteiger partial charge in [0.15, 0.2) is 5.82 Å². The Hall–Kier alpha value is -1.91. The number of anilines is 2. The Balaban J connectivity index is 1.86. The van der Waals surface area contributed by atoms with Gasteiger partial charge in [-0.1, -0.05) is 23.2 Å². The lowest BCUT2D eigenvalue weighted by molar-refractivity contribution is 0.0180. The van der Waals surface area contributed by atoms with Gasteiger partial charge in [-0.25, -0.2) is 0 Å². The van der Waals surface area contributed by atoms with Crippen LogP contribution in [0.3, 0.4) is 0 Å². The first-order chi connectivity index (χ1) is 13.0. The fourth-order valence-corrected chi connectivity index (χ4v) is 2.51. The van der Waals surface area contributed by atoms with Gasteiger partial charge in [0.1, 0.15) is 23.1 Å². The van der Waals surface area contributed by atoms with Gasteiger partial charge >= 0.3 is 0 Å². The molecule has 1 heterocycles. The molecule has 0 bridgehead atoms. The van der Waals surface area contributed by atoms with E-state index in [4.69, 9.17) is 53.6 Å². The van der Waals surface area contributed by atoms with Gasteiger partial charge in [0.05, 0.1) is 38.1 Å². The molecule has 0 radical (unpaired) electrons. The summed E-state index contributed by atoms with van der Waals surface area (Å²) in [4.78, 5) is 3.86. The predicted molar refractivity (Wildman–Crippen MR) is 103 cm³/mol. The van der Waals surface area contributed by atoms with Crippen molar-refractivity contribution in [2.45, 2.75) is 0 Å². The largest absolute Gasteiger partial charge is 0.490 e. The standard InChI is InChI=1S/C16H21Cl2N5O4/c1-24-4-5-25-6-7-26-8-9-27-11-3-2-10(12(17)13(11)18)14-15(19)21-16(20)23-22-14/h2-3H,4-9H2,1H3,(H4,19,20,21,23). The molecular formula is C16H21Cl2N5O4. The number of rotatable bonds is 11. The quantitative estimate of drug-likeness (QED) is 0.527. The Morgan fingerprint density at radius 1 is 0.889 bits per heavy atom. The van der Waals surface area contributed by atoms with Crippen LogP contribution in [-0.4, -0.2) is 61.9 Å². The number of ether oxygens (including phenoxy) is 4. The molecule has 0 spiro atoms. The maximum absolute atomic E-state index is 6.32. The molecule has 27 heavy (non-hydrogen) atoms. The number of hydrogen-bond donors (Lipinski definition) is 2. The lowest BCUT2D eigenvalue weighted by Crippen LogP contribution is -2.12. The lowest BCUT2D eigenvalue weighted by Gasteiger charge is -2.12. The van der Waals surface area contributed by atoms with E-state index in [-0.39, 0.29) is 21.8 Å². The van der Waals surface area contributed by atoms with Gasteiger partial charge in [-0.15, -0.1) is 10.2 Å². The summed E-state index contributed by atoms with van der Waals surface area (Å²) in [6.07, 6.45) is 0. The number of methoxy groups -OCH3 is 1. The minimum atomic E-state index is -0.0254. The van der Waals surface area contributed by atoms with Gasteiger partial charge in [0, 0.05) is 12.7 Å². The topological polar surface area (TPSA) is 128 Å². The van der Waals surface area contributed by atoms with Crippen LogP contribution in [0.4, 0.5) is 11.8 Å². The maximum Gasteiger partial charge on any atom is 0.242 e. The number of benzene rings is 1. The number of halogens is 2. The number of nitrogens with zero attached hydrogens (tertiary/aromatic N) is 3. The normalized spacial score (nSPS) is 10.9. The highest BCUT2D eigenvalue weighted by atomic mass is 35.5. The smallest absolute Gasteiger partial charge is 0.242 e. The van der Waals surface area contributed by atoms with Crippen molar-refractivity contribution in [2.24, 2.45) is 0 Å². The third-order valence-corrected chi connectivity index (χ3v) is 4.19. The highest BCUT2D eigenvalue weighted by Gasteiger charge is 2.17. The second kappa shape index (κ2) is 11.1. The molecule has 0 unspecified atom stereocenters. The van der Waals surface area contributed by atoms with Crippen molar-refractivity contribution in [1.82, 2.24) is 15.2 Å². The fourth-order valence-electron chi connectivity index (χ4n) is 2.04. The Morgan fingerprint density at radius 2 is 1.56 bits per heavy atom. The minimum Gasteiger partial charge on any atom is -0.490 e. The Morgan fingerprint density at radius 3 is 2.22 bits per heavy atom. The summed E-state index contributed by atoms with van der Waals surface area (Å²) in [5.41, 5.74) is 12.0. The fraction of sp³-hybridized carbons (Fsp3) is 0.438. The zero-order valence-corrected chi connectivity index (χ0v) is 16.3. The van der Waals surface area contributed by atoms with Gasteiger partial charge < -0.3 is 30.4 Å². The minimum absolute atomic E-state index is 0.0254. The molecule has 148 valence electrons. The number of nitrogens with two attached hydrogens (primary N) is 2. The Kier molecular flexibility index (Phi) is 8.76. The van der Waals surface area contributed by atoms with E-state index >= 15 is 0 Å². The van der Waals surface area contributed by atoms with E-state index in [1.807, 2.05) is 0 Å². The number of aromatic nitrogens is 3. The molecule has 0 fully saturated rings. The van der Waals surface area contributed by atoms with Crippen LogP contribution in [0.15, 0.2) is 12.1 Å². The molecule has 0 aliphatic carbocycles.